The Kier molecular flexibility index (Phi) is 5.16. The van der Waals surface area contributed by atoms with Gasteiger partial charge >= 0.3 is 0 Å². The second kappa shape index (κ2) is 6.64. The summed E-state index contributed by atoms with van der Waals surface area (Å²) in [5.41, 5.74) is 0. The van der Waals surface area contributed by atoms with Crippen molar-refractivity contribution in [3.63, 3.8) is 0 Å². The molecule has 0 bridgehead atoms. The van der Waals surface area contributed by atoms with Gasteiger partial charge in [-0.1, -0.05) is 6.92 Å². The van der Waals surface area contributed by atoms with Crippen LogP contribution in [0.2, 0.25) is 0 Å². The summed E-state index contributed by atoms with van der Waals surface area (Å²) in [6.45, 7) is 6.34. The molecule has 2 fully saturated rings. The maximum atomic E-state index is 12.2. The van der Waals surface area contributed by atoms with Gasteiger partial charge in [0.05, 0.1) is 0 Å². The minimum Gasteiger partial charge on any atom is -0.341 e. The molecule has 2 rings (SSSR count). The highest BCUT2D eigenvalue weighted by Crippen LogP contribution is 2.23. The first kappa shape index (κ1) is 13.2. The lowest BCUT2D eigenvalue weighted by molar-refractivity contribution is -0.132. The average molecular weight is 256 g/mol. The zero-order valence-electron chi connectivity index (χ0n) is 10.8. The molecule has 1 atom stereocenters. The van der Waals surface area contributed by atoms with Gasteiger partial charge in [0.1, 0.15) is 0 Å². The summed E-state index contributed by atoms with van der Waals surface area (Å²) >= 11 is 2.03. The zero-order valence-corrected chi connectivity index (χ0v) is 11.6. The van der Waals surface area contributed by atoms with E-state index in [1.165, 1.54) is 19.3 Å². The maximum Gasteiger partial charge on any atom is 0.222 e. The van der Waals surface area contributed by atoms with E-state index in [1.807, 2.05) is 11.8 Å². The van der Waals surface area contributed by atoms with E-state index in [-0.39, 0.29) is 0 Å². The van der Waals surface area contributed by atoms with Crippen LogP contribution in [0.4, 0.5) is 0 Å². The number of nitrogens with one attached hydrogen (secondary N) is 1. The molecule has 0 aromatic rings. The molecule has 2 heterocycles. The Balaban J connectivity index is 1.78. The molecule has 2 aliphatic rings. The Morgan fingerprint density at radius 1 is 1.41 bits per heavy atom. The van der Waals surface area contributed by atoms with Gasteiger partial charge < -0.3 is 10.2 Å². The van der Waals surface area contributed by atoms with Gasteiger partial charge in [-0.25, -0.2) is 0 Å². The molecule has 0 aromatic carbocycles. The molecule has 0 saturated carbocycles. The highest BCUT2D eigenvalue weighted by atomic mass is 32.2. The van der Waals surface area contributed by atoms with Gasteiger partial charge in [0.15, 0.2) is 0 Å². The zero-order chi connectivity index (χ0) is 12.1. The fraction of sp³-hybridized carbons (Fsp3) is 0.923. The van der Waals surface area contributed by atoms with Crippen molar-refractivity contribution in [3.8, 4) is 0 Å². The van der Waals surface area contributed by atoms with Crippen LogP contribution in [0.25, 0.3) is 0 Å². The lowest BCUT2D eigenvalue weighted by atomic mass is 9.94. The second-order valence-electron chi connectivity index (χ2n) is 5.14. The Labute approximate surface area is 109 Å². The highest BCUT2D eigenvalue weighted by molar-refractivity contribution is 8.00. The van der Waals surface area contributed by atoms with Gasteiger partial charge in [0.25, 0.3) is 0 Å². The minimum absolute atomic E-state index is 0.399. The minimum atomic E-state index is 0.399. The van der Waals surface area contributed by atoms with Crippen molar-refractivity contribution >= 4 is 17.7 Å². The van der Waals surface area contributed by atoms with Crippen molar-refractivity contribution in [2.24, 2.45) is 5.92 Å². The number of nitrogens with zero attached hydrogens (tertiary/aromatic N) is 1. The number of rotatable bonds is 3. The maximum absolute atomic E-state index is 12.2. The van der Waals surface area contributed by atoms with Crippen LogP contribution < -0.4 is 5.32 Å². The van der Waals surface area contributed by atoms with Crippen molar-refractivity contribution in [3.05, 3.63) is 0 Å². The largest absolute Gasteiger partial charge is 0.341 e. The first-order valence-electron chi connectivity index (χ1n) is 6.89. The average Bonchev–Trinajstić information content (AvgIpc) is 2.40. The number of hydrogen-bond donors (Lipinski definition) is 1. The Hall–Kier alpha value is -0.220. The molecule has 17 heavy (non-hydrogen) atoms. The molecule has 1 N–H and O–H groups in total. The number of thioether (sulfide) groups is 1. The fourth-order valence-corrected chi connectivity index (χ4v) is 3.83. The van der Waals surface area contributed by atoms with Crippen molar-refractivity contribution in [2.45, 2.75) is 37.9 Å². The van der Waals surface area contributed by atoms with Crippen LogP contribution in [0.3, 0.4) is 0 Å². The summed E-state index contributed by atoms with van der Waals surface area (Å²) in [7, 11) is 0. The van der Waals surface area contributed by atoms with E-state index in [0.717, 1.165) is 38.4 Å². The topological polar surface area (TPSA) is 32.3 Å². The third-order valence-corrected chi connectivity index (χ3v) is 5.24. The molecular weight excluding hydrogens is 232 g/mol. The molecule has 2 saturated heterocycles. The second-order valence-corrected chi connectivity index (χ2v) is 6.55. The van der Waals surface area contributed by atoms with Crippen LogP contribution in [-0.2, 0) is 4.79 Å². The number of hydrogen-bond acceptors (Lipinski definition) is 3. The van der Waals surface area contributed by atoms with Crippen molar-refractivity contribution in [1.29, 1.82) is 0 Å². The molecule has 0 radical (unpaired) electrons. The van der Waals surface area contributed by atoms with Gasteiger partial charge in [-0.3, -0.25) is 4.79 Å². The van der Waals surface area contributed by atoms with Crippen molar-refractivity contribution in [1.82, 2.24) is 10.2 Å². The van der Waals surface area contributed by atoms with E-state index in [2.05, 4.69) is 17.1 Å². The predicted molar refractivity (Wildman–Crippen MR) is 73.3 cm³/mol. The van der Waals surface area contributed by atoms with Crippen LogP contribution in [-0.4, -0.2) is 48.0 Å². The lowest BCUT2D eigenvalue weighted by Gasteiger charge is -2.33. The summed E-state index contributed by atoms with van der Waals surface area (Å²) in [4.78, 5) is 14.3. The summed E-state index contributed by atoms with van der Waals surface area (Å²) in [6.07, 6.45) is 4.31. The standard InChI is InChI=1S/C13H24N2OS/c1-2-12-10-15(7-8-17-12)13(16)9-11-3-5-14-6-4-11/h11-12,14H,2-10H2,1H3. The van der Waals surface area contributed by atoms with Crippen LogP contribution >= 0.6 is 11.8 Å². The van der Waals surface area contributed by atoms with E-state index in [4.69, 9.17) is 0 Å². The van der Waals surface area contributed by atoms with Crippen LogP contribution in [0.1, 0.15) is 32.6 Å². The number of amides is 1. The van der Waals surface area contributed by atoms with Gasteiger partial charge in [-0.05, 0) is 38.3 Å². The first-order chi connectivity index (χ1) is 8.29. The molecule has 2 aliphatic heterocycles. The molecule has 0 aliphatic carbocycles. The van der Waals surface area contributed by atoms with Crippen molar-refractivity contribution < 1.29 is 4.79 Å². The molecule has 0 spiro atoms. The van der Waals surface area contributed by atoms with E-state index in [9.17, 15) is 4.79 Å². The third kappa shape index (κ3) is 3.88. The van der Waals surface area contributed by atoms with Crippen LogP contribution in [0, 0.1) is 5.92 Å². The highest BCUT2D eigenvalue weighted by Gasteiger charge is 2.25. The van der Waals surface area contributed by atoms with Crippen LogP contribution in [0.5, 0.6) is 0 Å². The van der Waals surface area contributed by atoms with Crippen molar-refractivity contribution in [2.75, 3.05) is 31.9 Å². The third-order valence-electron chi connectivity index (χ3n) is 3.87. The first-order valence-corrected chi connectivity index (χ1v) is 7.94. The van der Waals surface area contributed by atoms with Crippen LogP contribution in [0.15, 0.2) is 0 Å². The summed E-state index contributed by atoms with van der Waals surface area (Å²) in [5.74, 6) is 2.14. The quantitative estimate of drug-likeness (QED) is 0.834. The molecule has 3 nitrogen and oxygen atoms in total. The summed E-state index contributed by atoms with van der Waals surface area (Å²) in [5, 5.41) is 4.02. The fourth-order valence-electron chi connectivity index (χ4n) is 2.65. The Morgan fingerprint density at radius 3 is 2.88 bits per heavy atom. The summed E-state index contributed by atoms with van der Waals surface area (Å²) < 4.78 is 0. The Morgan fingerprint density at radius 2 is 2.18 bits per heavy atom. The van der Waals surface area contributed by atoms with Gasteiger partial charge in [-0.2, -0.15) is 11.8 Å². The monoisotopic (exact) mass is 256 g/mol. The molecule has 1 amide bonds. The lowest BCUT2D eigenvalue weighted by Crippen LogP contribution is -2.43. The van der Waals surface area contributed by atoms with Gasteiger partial charge in [0, 0.05) is 30.5 Å². The normalized spacial score (nSPS) is 27.1. The van der Waals surface area contributed by atoms with Gasteiger partial charge in [0.2, 0.25) is 5.91 Å². The Bertz CT molecular complexity index is 254. The number of carbonyl (C=O) groups is 1. The number of carbonyl (C=O) groups excluding carboxylic acids is 1. The van der Waals surface area contributed by atoms with E-state index in [1.54, 1.807) is 0 Å². The van der Waals surface area contributed by atoms with Gasteiger partial charge in [-0.15, -0.1) is 0 Å². The smallest absolute Gasteiger partial charge is 0.222 e. The molecule has 98 valence electrons. The summed E-state index contributed by atoms with van der Waals surface area (Å²) in [6, 6.07) is 0. The number of piperidine rings is 1. The SMILES string of the molecule is CCC1CN(C(=O)CC2CCNCC2)CCS1. The van der Waals surface area contributed by atoms with E-state index >= 15 is 0 Å². The molecular formula is C13H24N2OS. The predicted octanol–water partition coefficient (Wildman–Crippen LogP) is 1.73. The van der Waals surface area contributed by atoms with E-state index in [0.29, 0.717) is 17.1 Å². The molecule has 0 aromatic heterocycles. The van der Waals surface area contributed by atoms with E-state index < -0.39 is 0 Å². The molecule has 4 heteroatoms. The molecule has 1 unspecified atom stereocenters.